The van der Waals surface area contributed by atoms with Gasteiger partial charge in [-0.15, -0.1) is 0 Å². The molecule has 3 rings (SSSR count). The molecule has 1 aromatic carbocycles. The number of hydrogen-bond acceptors (Lipinski definition) is 6. The maximum absolute atomic E-state index is 12.9. The Bertz CT molecular complexity index is 1010. The third-order valence-corrected chi connectivity index (χ3v) is 6.64. The van der Waals surface area contributed by atoms with Crippen molar-refractivity contribution in [2.24, 2.45) is 16.0 Å². The van der Waals surface area contributed by atoms with Gasteiger partial charge in [0.25, 0.3) is 0 Å². The predicted octanol–water partition coefficient (Wildman–Crippen LogP) is 4.06. The first-order valence-electron chi connectivity index (χ1n) is 13.4. The van der Waals surface area contributed by atoms with E-state index in [2.05, 4.69) is 36.4 Å². The Morgan fingerprint density at radius 1 is 1.30 bits per heavy atom. The Kier molecular flexibility index (Phi) is 10.3. The lowest BCUT2D eigenvalue weighted by Crippen LogP contribution is -2.48. The fourth-order valence-electron chi connectivity index (χ4n) is 4.68. The average Bonchev–Trinajstić information content (AvgIpc) is 3.29. The Labute approximate surface area is 220 Å². The van der Waals surface area contributed by atoms with Crippen molar-refractivity contribution in [2.45, 2.75) is 72.5 Å². The highest BCUT2D eigenvalue weighted by molar-refractivity contribution is 6.12. The van der Waals surface area contributed by atoms with Crippen molar-refractivity contribution in [1.29, 1.82) is 0 Å². The first-order chi connectivity index (χ1) is 17.8. The van der Waals surface area contributed by atoms with Gasteiger partial charge in [0.05, 0.1) is 24.4 Å². The summed E-state index contributed by atoms with van der Waals surface area (Å²) < 4.78 is 11.7. The number of carbonyl (C=O) groups is 2. The fourth-order valence-corrected chi connectivity index (χ4v) is 4.68. The molecule has 0 aromatic heterocycles. The Hall–Kier alpha value is -3.14. The molecule has 10 nitrogen and oxygen atoms in total. The van der Waals surface area contributed by atoms with Crippen LogP contribution in [0, 0.1) is 5.92 Å². The van der Waals surface area contributed by atoms with Crippen molar-refractivity contribution >= 4 is 29.3 Å². The largest absolute Gasteiger partial charge is 0.493 e. The Balaban J connectivity index is 1.87. The lowest BCUT2D eigenvalue weighted by molar-refractivity contribution is -0.120. The number of nitrogens with one attached hydrogen (secondary N) is 2. The summed E-state index contributed by atoms with van der Waals surface area (Å²) in [7, 11) is 1.76. The minimum absolute atomic E-state index is 0.0495. The van der Waals surface area contributed by atoms with Crippen molar-refractivity contribution in [1.82, 2.24) is 15.2 Å². The van der Waals surface area contributed by atoms with Crippen molar-refractivity contribution in [2.75, 3.05) is 38.6 Å². The standard InChI is InChI=1S/C27H42N6O4/c1-7-19(8-2)26(28-9-3)33-17-24(34)30-25(31-33)22-15-20(12-14-23(22)36-10-4)29-27(35)32(6)16-21-13-11-18(5)37-21/h12,14-15,18-19,21H,7-11,13,16-17H2,1-6H3,(H,29,35)(H,30,31,34). The second-order valence-corrected chi connectivity index (χ2v) is 9.50. The summed E-state index contributed by atoms with van der Waals surface area (Å²) in [5.41, 5.74) is 1.17. The number of hydrogen-bond donors (Lipinski definition) is 2. The van der Waals surface area contributed by atoms with Crippen molar-refractivity contribution in [3.05, 3.63) is 23.8 Å². The zero-order valence-electron chi connectivity index (χ0n) is 23.0. The summed E-state index contributed by atoms with van der Waals surface area (Å²) in [5, 5.41) is 12.3. The normalized spacial score (nSPS) is 20.1. The molecule has 2 unspecified atom stereocenters. The highest BCUT2D eigenvalue weighted by Gasteiger charge is 2.28. The molecule has 2 heterocycles. The van der Waals surface area contributed by atoms with Crippen LogP contribution in [0.2, 0.25) is 0 Å². The van der Waals surface area contributed by atoms with Crippen LogP contribution in [0.15, 0.2) is 28.3 Å². The van der Waals surface area contributed by atoms with Crippen molar-refractivity contribution in [3.63, 3.8) is 0 Å². The summed E-state index contributed by atoms with van der Waals surface area (Å²) in [6, 6.07) is 5.11. The van der Waals surface area contributed by atoms with Crippen molar-refractivity contribution < 1.29 is 19.1 Å². The van der Waals surface area contributed by atoms with Gasteiger partial charge in [0, 0.05) is 31.7 Å². The van der Waals surface area contributed by atoms with E-state index < -0.39 is 0 Å². The minimum Gasteiger partial charge on any atom is -0.493 e. The van der Waals surface area contributed by atoms with Gasteiger partial charge in [-0.1, -0.05) is 13.8 Å². The lowest BCUT2D eigenvalue weighted by Gasteiger charge is -2.30. The molecule has 0 radical (unpaired) electrons. The summed E-state index contributed by atoms with van der Waals surface area (Å²) >= 11 is 0. The maximum Gasteiger partial charge on any atom is 0.321 e. The van der Waals surface area contributed by atoms with Crippen LogP contribution in [0.3, 0.4) is 0 Å². The molecule has 0 bridgehead atoms. The van der Waals surface area contributed by atoms with Crippen LogP contribution in [-0.2, 0) is 9.53 Å². The summed E-state index contributed by atoms with van der Waals surface area (Å²) in [6.07, 6.45) is 4.05. The molecule has 204 valence electrons. The smallest absolute Gasteiger partial charge is 0.321 e. The molecule has 0 spiro atoms. The van der Waals surface area contributed by atoms with E-state index in [0.29, 0.717) is 42.5 Å². The number of amidine groups is 2. The zero-order valence-corrected chi connectivity index (χ0v) is 23.0. The van der Waals surface area contributed by atoms with E-state index in [9.17, 15) is 9.59 Å². The number of likely N-dealkylation sites (N-methyl/N-ethyl adjacent to an activating group) is 1. The molecule has 0 aliphatic carbocycles. The fraction of sp³-hybridized carbons (Fsp3) is 0.630. The number of aliphatic imine (C=N–C) groups is 1. The SMILES string of the molecule is CCN=C(C(CC)CC)N1CC(=O)NC(c2cc(NC(=O)N(C)CC3CCC(C)O3)ccc2OCC)=N1. The number of benzene rings is 1. The molecule has 2 aliphatic heterocycles. The van der Waals surface area contributed by atoms with Crippen LogP contribution < -0.4 is 15.4 Å². The van der Waals surface area contributed by atoms with Crippen LogP contribution in [0.5, 0.6) is 5.75 Å². The average molecular weight is 515 g/mol. The van der Waals surface area contributed by atoms with Crippen LogP contribution in [0.1, 0.15) is 65.9 Å². The molecular formula is C27H42N6O4. The molecule has 1 fully saturated rings. The van der Waals surface area contributed by atoms with Gasteiger partial charge in [-0.05, 0) is 64.7 Å². The molecule has 2 atom stereocenters. The number of hydrazone groups is 1. The van der Waals surface area contributed by atoms with Crippen molar-refractivity contribution in [3.8, 4) is 5.75 Å². The van der Waals surface area contributed by atoms with Crippen LogP contribution in [0.25, 0.3) is 0 Å². The van der Waals surface area contributed by atoms with Gasteiger partial charge in [0.1, 0.15) is 18.1 Å². The maximum atomic E-state index is 12.9. The van der Waals surface area contributed by atoms with Gasteiger partial charge in [0.2, 0.25) is 5.91 Å². The second-order valence-electron chi connectivity index (χ2n) is 9.50. The van der Waals surface area contributed by atoms with E-state index in [0.717, 1.165) is 31.5 Å². The summed E-state index contributed by atoms with van der Waals surface area (Å²) in [6.45, 7) is 11.8. The minimum atomic E-state index is -0.236. The van der Waals surface area contributed by atoms with Crippen LogP contribution in [-0.4, -0.2) is 79.0 Å². The van der Waals surface area contributed by atoms with E-state index in [-0.39, 0.29) is 36.6 Å². The van der Waals surface area contributed by atoms with Gasteiger partial charge in [0.15, 0.2) is 5.84 Å². The predicted molar refractivity (Wildman–Crippen MR) is 146 cm³/mol. The Morgan fingerprint density at radius 2 is 2.05 bits per heavy atom. The van der Waals surface area contributed by atoms with Crippen LogP contribution >= 0.6 is 0 Å². The zero-order chi connectivity index (χ0) is 26.9. The first-order valence-corrected chi connectivity index (χ1v) is 13.4. The summed E-state index contributed by atoms with van der Waals surface area (Å²) in [4.78, 5) is 32.0. The highest BCUT2D eigenvalue weighted by atomic mass is 16.5. The molecule has 10 heteroatoms. The third kappa shape index (κ3) is 7.44. The van der Waals surface area contributed by atoms with E-state index in [4.69, 9.17) is 14.6 Å². The number of amides is 3. The molecule has 2 N–H and O–H groups in total. The van der Waals surface area contributed by atoms with Gasteiger partial charge in [-0.3, -0.25) is 9.79 Å². The monoisotopic (exact) mass is 514 g/mol. The number of ether oxygens (including phenoxy) is 2. The van der Waals surface area contributed by atoms with E-state index in [1.54, 1.807) is 35.2 Å². The van der Waals surface area contributed by atoms with Gasteiger partial charge >= 0.3 is 6.03 Å². The number of nitrogens with zero attached hydrogens (tertiary/aromatic N) is 4. The molecule has 1 aromatic rings. The van der Waals surface area contributed by atoms with E-state index >= 15 is 0 Å². The molecular weight excluding hydrogens is 472 g/mol. The number of rotatable bonds is 10. The first kappa shape index (κ1) is 28.4. The van der Waals surface area contributed by atoms with Gasteiger partial charge < -0.3 is 25.0 Å². The summed E-state index contributed by atoms with van der Waals surface area (Å²) in [5.74, 6) is 1.77. The lowest BCUT2D eigenvalue weighted by atomic mass is 10.0. The topological polar surface area (TPSA) is 108 Å². The third-order valence-electron chi connectivity index (χ3n) is 6.64. The molecule has 37 heavy (non-hydrogen) atoms. The van der Waals surface area contributed by atoms with Gasteiger partial charge in [-0.25, -0.2) is 9.80 Å². The molecule has 0 saturated carbocycles. The molecule has 1 saturated heterocycles. The number of carbonyl (C=O) groups excluding carboxylic acids is 2. The van der Waals surface area contributed by atoms with Crippen LogP contribution in [0.4, 0.5) is 10.5 Å². The molecule has 3 amide bonds. The second kappa shape index (κ2) is 13.4. The number of urea groups is 1. The van der Waals surface area contributed by atoms with E-state index in [1.807, 2.05) is 13.8 Å². The number of anilines is 1. The van der Waals surface area contributed by atoms with Gasteiger partial charge in [-0.2, -0.15) is 5.10 Å². The molecule has 2 aliphatic rings. The Morgan fingerprint density at radius 3 is 2.68 bits per heavy atom. The highest BCUT2D eigenvalue weighted by Crippen LogP contribution is 2.26. The quantitative estimate of drug-likeness (QED) is 0.362. The van der Waals surface area contributed by atoms with E-state index in [1.165, 1.54) is 0 Å².